The van der Waals surface area contributed by atoms with Crippen LogP contribution in [0.4, 0.5) is 5.69 Å². The minimum atomic E-state index is -1.30. The Kier molecular flexibility index (Phi) is 2.95. The third-order valence-corrected chi connectivity index (χ3v) is 6.65. The van der Waals surface area contributed by atoms with Crippen LogP contribution in [0.25, 0.3) is 0 Å². The summed E-state index contributed by atoms with van der Waals surface area (Å²) in [5.41, 5.74) is 1.21. The zero-order valence-electron chi connectivity index (χ0n) is 11.5. The summed E-state index contributed by atoms with van der Waals surface area (Å²) in [5, 5.41) is 0. The van der Waals surface area contributed by atoms with Gasteiger partial charge in [-0.05, 0) is 46.8 Å². The molecule has 0 atom stereocenters. The van der Waals surface area contributed by atoms with E-state index in [1.54, 1.807) is 0 Å². The van der Waals surface area contributed by atoms with Crippen molar-refractivity contribution in [2.45, 2.75) is 9.79 Å². The predicted molar refractivity (Wildman–Crippen MR) is 89.1 cm³/mol. The average Bonchev–Trinajstić information content (AvgIpc) is 3.34. The lowest BCUT2D eigenvalue weighted by Gasteiger charge is -2.20. The summed E-state index contributed by atoms with van der Waals surface area (Å²) in [6.07, 6.45) is 0. The van der Waals surface area contributed by atoms with Gasteiger partial charge in [-0.3, -0.25) is 0 Å². The van der Waals surface area contributed by atoms with E-state index < -0.39 is 10.4 Å². The Morgan fingerprint density at radius 1 is 0.571 bits per heavy atom. The molecule has 0 aliphatic carbocycles. The van der Waals surface area contributed by atoms with Crippen molar-refractivity contribution in [3.8, 4) is 0 Å². The lowest BCUT2D eigenvalue weighted by molar-refractivity contribution is 1.24. The molecule has 2 nitrogen and oxygen atoms in total. The van der Waals surface area contributed by atoms with Crippen LogP contribution in [0.15, 0.2) is 101 Å². The zero-order chi connectivity index (χ0) is 14.1. The van der Waals surface area contributed by atoms with Crippen molar-refractivity contribution in [3.63, 3.8) is 0 Å². The Balaban J connectivity index is 1.83. The maximum atomic E-state index is 3.65. The van der Waals surface area contributed by atoms with Crippen molar-refractivity contribution in [1.82, 2.24) is 4.83 Å². The first-order valence-electron chi connectivity index (χ1n) is 6.97. The summed E-state index contributed by atoms with van der Waals surface area (Å²) < 4.78 is 2.30. The van der Waals surface area contributed by atoms with Crippen LogP contribution < -0.4 is 9.25 Å². The van der Waals surface area contributed by atoms with E-state index in [1.165, 1.54) is 15.5 Å². The van der Waals surface area contributed by atoms with Gasteiger partial charge in [-0.1, -0.05) is 54.6 Å². The first kappa shape index (κ1) is 12.5. The second kappa shape index (κ2) is 4.95. The number of nitrogens with one attached hydrogen (secondary N) is 1. The number of para-hydroxylation sites is 1. The summed E-state index contributed by atoms with van der Waals surface area (Å²) in [6, 6.07) is 31.9. The number of hydrazine groups is 1. The molecule has 1 aliphatic heterocycles. The van der Waals surface area contributed by atoms with Gasteiger partial charge in [0.2, 0.25) is 0 Å². The molecule has 0 aromatic heterocycles. The molecule has 21 heavy (non-hydrogen) atoms. The van der Waals surface area contributed by atoms with Gasteiger partial charge in [-0.25, -0.2) is 4.41 Å². The summed E-state index contributed by atoms with van der Waals surface area (Å²) in [6.45, 7) is 0. The monoisotopic (exact) mass is 292 g/mol. The number of benzene rings is 3. The van der Waals surface area contributed by atoms with Crippen molar-refractivity contribution in [1.29, 1.82) is 0 Å². The van der Waals surface area contributed by atoms with E-state index in [0.29, 0.717) is 0 Å². The molecule has 0 spiro atoms. The quantitative estimate of drug-likeness (QED) is 0.704. The summed E-state index contributed by atoms with van der Waals surface area (Å²) in [5.74, 6) is 0. The first-order chi connectivity index (χ1) is 10.4. The van der Waals surface area contributed by atoms with Crippen molar-refractivity contribution >= 4 is 16.1 Å². The summed E-state index contributed by atoms with van der Waals surface area (Å²) in [4.78, 5) is 6.31. The van der Waals surface area contributed by atoms with Gasteiger partial charge in [0, 0.05) is 9.79 Å². The minimum absolute atomic E-state index is 1.21. The highest BCUT2D eigenvalue weighted by Crippen LogP contribution is 2.72. The van der Waals surface area contributed by atoms with Gasteiger partial charge >= 0.3 is 0 Å². The number of anilines is 1. The fourth-order valence-electron chi connectivity index (χ4n) is 2.56. The van der Waals surface area contributed by atoms with Crippen LogP contribution in [0.1, 0.15) is 0 Å². The van der Waals surface area contributed by atoms with Crippen LogP contribution in [-0.2, 0) is 0 Å². The number of rotatable bonds is 3. The van der Waals surface area contributed by atoms with Gasteiger partial charge in [0.1, 0.15) is 0 Å². The van der Waals surface area contributed by atoms with Crippen LogP contribution in [0.5, 0.6) is 0 Å². The van der Waals surface area contributed by atoms with Gasteiger partial charge in [0.05, 0.1) is 5.69 Å². The molecule has 1 saturated heterocycles. The fourth-order valence-corrected chi connectivity index (χ4v) is 5.54. The number of hydrogen-bond donors (Lipinski definition) is 1. The van der Waals surface area contributed by atoms with Crippen LogP contribution in [-0.4, -0.2) is 0 Å². The number of hydrogen-bond acceptors (Lipinski definition) is 2. The molecule has 1 heterocycles. The fraction of sp³-hybridized carbons (Fsp3) is 0. The second-order valence-electron chi connectivity index (χ2n) is 4.93. The topological polar surface area (TPSA) is 25.0 Å². The summed E-state index contributed by atoms with van der Waals surface area (Å²) in [7, 11) is -1.30. The Labute approximate surface area is 126 Å². The molecule has 3 aromatic rings. The lowest BCUT2D eigenvalue weighted by Crippen LogP contribution is -1.97. The van der Waals surface area contributed by atoms with Crippen LogP contribution >= 0.6 is 10.4 Å². The third-order valence-electron chi connectivity index (χ3n) is 3.62. The van der Waals surface area contributed by atoms with Gasteiger partial charge < -0.3 is 0 Å². The third kappa shape index (κ3) is 2.02. The van der Waals surface area contributed by atoms with E-state index in [9.17, 15) is 0 Å². The molecule has 0 saturated carbocycles. The maximum Gasteiger partial charge on any atom is 0.0660 e. The highest BCUT2D eigenvalue weighted by atomic mass is 32.3. The molecule has 0 bridgehead atoms. The van der Waals surface area contributed by atoms with Gasteiger partial charge in [0.15, 0.2) is 0 Å². The Morgan fingerprint density at radius 2 is 1.00 bits per heavy atom. The van der Waals surface area contributed by atoms with E-state index in [2.05, 4.69) is 100 Å². The highest BCUT2D eigenvalue weighted by molar-refractivity contribution is 8.38. The van der Waals surface area contributed by atoms with Crippen molar-refractivity contribution in [3.05, 3.63) is 91.0 Å². The zero-order valence-corrected chi connectivity index (χ0v) is 12.3. The SMILES string of the molecule is c1ccc(N2NS2(c2ccccc2)c2ccccc2)cc1. The van der Waals surface area contributed by atoms with Gasteiger partial charge in [-0.2, -0.15) is 4.83 Å². The normalized spacial score (nSPS) is 17.2. The van der Waals surface area contributed by atoms with Crippen molar-refractivity contribution < 1.29 is 0 Å². The van der Waals surface area contributed by atoms with E-state index in [0.717, 1.165) is 0 Å². The van der Waals surface area contributed by atoms with Crippen LogP contribution in [0.2, 0.25) is 0 Å². The summed E-state index contributed by atoms with van der Waals surface area (Å²) >= 11 is 0. The molecule has 1 aliphatic rings. The molecule has 3 heteroatoms. The molecule has 3 aromatic carbocycles. The van der Waals surface area contributed by atoms with Gasteiger partial charge in [0.25, 0.3) is 0 Å². The highest BCUT2D eigenvalue weighted by Gasteiger charge is 2.50. The molecular formula is C18H16N2S. The van der Waals surface area contributed by atoms with E-state index >= 15 is 0 Å². The van der Waals surface area contributed by atoms with Crippen molar-refractivity contribution in [2.24, 2.45) is 0 Å². The van der Waals surface area contributed by atoms with Gasteiger partial charge in [-0.15, -0.1) is 0 Å². The Morgan fingerprint density at radius 3 is 1.48 bits per heavy atom. The molecule has 104 valence electrons. The predicted octanol–water partition coefficient (Wildman–Crippen LogP) is 4.76. The lowest BCUT2D eigenvalue weighted by atomic mass is 10.3. The molecule has 4 rings (SSSR count). The van der Waals surface area contributed by atoms with E-state index in [-0.39, 0.29) is 0 Å². The minimum Gasteiger partial charge on any atom is -0.237 e. The molecular weight excluding hydrogens is 276 g/mol. The smallest absolute Gasteiger partial charge is 0.0660 e. The largest absolute Gasteiger partial charge is 0.237 e. The van der Waals surface area contributed by atoms with Crippen LogP contribution in [0.3, 0.4) is 0 Å². The molecule has 0 amide bonds. The van der Waals surface area contributed by atoms with Crippen molar-refractivity contribution in [2.75, 3.05) is 4.41 Å². The molecule has 1 N–H and O–H groups in total. The van der Waals surface area contributed by atoms with E-state index in [4.69, 9.17) is 0 Å². The maximum absolute atomic E-state index is 3.65. The average molecular weight is 292 g/mol. The molecule has 0 unspecified atom stereocenters. The Hall–Kier alpha value is -2.23. The Bertz CT molecular complexity index is 689. The first-order valence-corrected chi connectivity index (χ1v) is 8.56. The van der Waals surface area contributed by atoms with E-state index in [1.807, 2.05) is 0 Å². The standard InChI is InChI=1S/C18H16N2S/c1-4-10-16(11-5-1)20-19-21(20,17-12-6-2-7-13-17)18-14-8-3-9-15-18/h1-15,19H. The van der Waals surface area contributed by atoms with Crippen LogP contribution in [0, 0.1) is 0 Å². The second-order valence-corrected chi connectivity index (χ2v) is 7.58. The molecule has 0 radical (unpaired) electrons. The molecule has 1 fully saturated rings. The number of nitrogens with zero attached hydrogens (tertiary/aromatic N) is 1.